The van der Waals surface area contributed by atoms with E-state index in [2.05, 4.69) is 17.9 Å². The summed E-state index contributed by atoms with van der Waals surface area (Å²) >= 11 is 3.98. The van der Waals surface area contributed by atoms with E-state index < -0.39 is 17.5 Å². The number of carbonyl (C=O) groups excluding carboxylic acids is 2. The van der Waals surface area contributed by atoms with Crippen molar-refractivity contribution in [2.75, 3.05) is 12.3 Å². The highest BCUT2D eigenvalue weighted by Gasteiger charge is 2.48. The maximum Gasteiger partial charge on any atom is 0.334 e. The lowest BCUT2D eigenvalue weighted by molar-refractivity contribution is -0.164. The van der Waals surface area contributed by atoms with Gasteiger partial charge in [-0.3, -0.25) is 4.79 Å². The van der Waals surface area contributed by atoms with Crippen molar-refractivity contribution in [2.24, 2.45) is 0 Å². The Labute approximate surface area is 130 Å². The zero-order chi connectivity index (χ0) is 15.3. The van der Waals surface area contributed by atoms with Crippen molar-refractivity contribution in [3.8, 4) is 0 Å². The molecule has 1 N–H and O–H groups in total. The molecule has 0 amide bonds. The molecule has 1 aliphatic rings. The third-order valence-corrected chi connectivity index (χ3v) is 4.34. The number of hydrogen-bond donors (Lipinski definition) is 2. The summed E-state index contributed by atoms with van der Waals surface area (Å²) in [5.41, 5.74) is 0.249. The summed E-state index contributed by atoms with van der Waals surface area (Å²) in [4.78, 5) is 24.1. The van der Waals surface area contributed by atoms with Crippen molar-refractivity contribution >= 4 is 24.6 Å². The Balaban J connectivity index is 2.20. The van der Waals surface area contributed by atoms with Crippen LogP contribution in [0.25, 0.3) is 0 Å². The highest BCUT2D eigenvalue weighted by molar-refractivity contribution is 7.80. The molecular formula is C16H21NO3S. The monoisotopic (exact) mass is 307 g/mol. The minimum absolute atomic E-state index is 0.0579. The molecule has 0 spiro atoms. The average Bonchev–Trinajstić information content (AvgIpc) is 2.98. The van der Waals surface area contributed by atoms with Gasteiger partial charge in [0, 0.05) is 11.7 Å². The average molecular weight is 307 g/mol. The number of rotatable bonds is 5. The molecule has 0 bridgehead atoms. The van der Waals surface area contributed by atoms with E-state index in [1.54, 1.807) is 0 Å². The molecule has 4 nitrogen and oxygen atoms in total. The molecule has 1 aromatic carbocycles. The van der Waals surface area contributed by atoms with Crippen LogP contribution in [0.2, 0.25) is 0 Å². The molecule has 2 atom stereocenters. The van der Waals surface area contributed by atoms with Crippen molar-refractivity contribution in [3.63, 3.8) is 0 Å². The fourth-order valence-electron chi connectivity index (χ4n) is 2.85. The third kappa shape index (κ3) is 3.47. The smallest absolute Gasteiger partial charge is 0.334 e. The predicted molar refractivity (Wildman–Crippen MR) is 84.4 cm³/mol. The Morgan fingerprint density at radius 2 is 2.10 bits per heavy atom. The molecule has 2 rings (SSSR count). The molecule has 1 unspecified atom stereocenters. The molecule has 0 aliphatic carbocycles. The van der Waals surface area contributed by atoms with E-state index in [0.717, 1.165) is 18.5 Å². The van der Waals surface area contributed by atoms with Gasteiger partial charge in [0.1, 0.15) is 5.54 Å². The van der Waals surface area contributed by atoms with Crippen molar-refractivity contribution < 1.29 is 14.3 Å². The summed E-state index contributed by atoms with van der Waals surface area (Å²) in [6.45, 7) is 2.75. The summed E-state index contributed by atoms with van der Waals surface area (Å²) in [5.74, 6) is -0.662. The van der Waals surface area contributed by atoms with Crippen molar-refractivity contribution in [3.05, 3.63) is 35.9 Å². The number of nitrogens with one attached hydrogen (secondary N) is 1. The molecular weight excluding hydrogens is 286 g/mol. The summed E-state index contributed by atoms with van der Waals surface area (Å²) in [6, 6.07) is 9.84. The largest absolute Gasteiger partial charge is 0.392 e. The summed E-state index contributed by atoms with van der Waals surface area (Å²) in [6.07, 6.45) is 1.72. The number of carbonyl (C=O) groups is 2. The molecule has 1 heterocycles. The lowest BCUT2D eigenvalue weighted by atomic mass is 9.79. The Kier molecular flexibility index (Phi) is 5.42. The van der Waals surface area contributed by atoms with Crippen LogP contribution in [0, 0.1) is 0 Å². The van der Waals surface area contributed by atoms with Crippen LogP contribution in [-0.4, -0.2) is 29.8 Å². The number of thiol groups is 1. The minimum Gasteiger partial charge on any atom is -0.392 e. The molecule has 21 heavy (non-hydrogen) atoms. The van der Waals surface area contributed by atoms with Gasteiger partial charge in [0.2, 0.25) is 0 Å². The quantitative estimate of drug-likeness (QED) is 0.498. The van der Waals surface area contributed by atoms with Gasteiger partial charge in [-0.15, -0.1) is 0 Å². The summed E-state index contributed by atoms with van der Waals surface area (Å²) < 4.78 is 5.03. The van der Waals surface area contributed by atoms with E-state index in [4.69, 9.17) is 4.74 Å². The molecule has 0 radical (unpaired) electrons. The van der Waals surface area contributed by atoms with Gasteiger partial charge in [-0.05, 0) is 24.9 Å². The highest BCUT2D eigenvalue weighted by atomic mass is 32.1. The van der Waals surface area contributed by atoms with Gasteiger partial charge in [0.05, 0.1) is 6.42 Å². The molecule has 114 valence electrons. The molecule has 0 saturated carbocycles. The summed E-state index contributed by atoms with van der Waals surface area (Å²) in [5, 5.41) is 3.27. The maximum atomic E-state index is 12.5. The van der Waals surface area contributed by atoms with Crippen LogP contribution in [0.5, 0.6) is 0 Å². The lowest BCUT2D eigenvalue weighted by Crippen LogP contribution is -2.53. The molecule has 0 aromatic heterocycles. The van der Waals surface area contributed by atoms with Gasteiger partial charge in [0.15, 0.2) is 0 Å². The van der Waals surface area contributed by atoms with E-state index in [9.17, 15) is 9.59 Å². The van der Waals surface area contributed by atoms with E-state index in [-0.39, 0.29) is 12.3 Å². The Morgan fingerprint density at radius 1 is 1.38 bits per heavy atom. The molecule has 5 heteroatoms. The van der Waals surface area contributed by atoms with Crippen LogP contribution in [0.15, 0.2) is 30.3 Å². The first-order chi connectivity index (χ1) is 10.1. The van der Waals surface area contributed by atoms with Crippen LogP contribution in [0.1, 0.15) is 37.7 Å². The van der Waals surface area contributed by atoms with Crippen molar-refractivity contribution in [1.82, 2.24) is 5.32 Å². The maximum absolute atomic E-state index is 12.5. The lowest BCUT2D eigenvalue weighted by Gasteiger charge is -2.33. The molecule has 1 fully saturated rings. The predicted octanol–water partition coefficient (Wildman–Crippen LogP) is 2.30. The van der Waals surface area contributed by atoms with E-state index in [1.165, 1.54) is 0 Å². The first kappa shape index (κ1) is 16.0. The van der Waals surface area contributed by atoms with E-state index in [1.807, 2.05) is 37.3 Å². The first-order valence-corrected chi connectivity index (χ1v) is 7.89. The van der Waals surface area contributed by atoms with E-state index >= 15 is 0 Å². The standard InChI is InChI=1S/C16H21NO3S/c1-12(13-6-3-2-4-7-13)16(9-5-10-17-16)15(19)20-14(18)8-11-21/h2-4,6-7,12,17,21H,5,8-11H2,1H3/t12?,16-/m0/s1. The van der Waals surface area contributed by atoms with Crippen LogP contribution in [0.4, 0.5) is 0 Å². The highest BCUT2D eigenvalue weighted by Crippen LogP contribution is 2.36. The van der Waals surface area contributed by atoms with Crippen LogP contribution >= 0.6 is 12.6 Å². The zero-order valence-electron chi connectivity index (χ0n) is 12.2. The molecule has 1 aliphatic heterocycles. The number of ether oxygens (including phenoxy) is 1. The van der Waals surface area contributed by atoms with Gasteiger partial charge in [-0.1, -0.05) is 37.3 Å². The zero-order valence-corrected chi connectivity index (χ0v) is 13.1. The Hall–Kier alpha value is -1.33. The number of hydrogen-bond acceptors (Lipinski definition) is 5. The second kappa shape index (κ2) is 7.09. The number of esters is 2. The van der Waals surface area contributed by atoms with Crippen LogP contribution in [0.3, 0.4) is 0 Å². The number of benzene rings is 1. The van der Waals surface area contributed by atoms with Gasteiger partial charge in [-0.2, -0.15) is 12.6 Å². The molecule has 1 saturated heterocycles. The second-order valence-corrected chi connectivity index (χ2v) is 5.82. The third-order valence-electron chi connectivity index (χ3n) is 4.11. The fourth-order valence-corrected chi connectivity index (χ4v) is 3.03. The Bertz CT molecular complexity index is 498. The first-order valence-electron chi connectivity index (χ1n) is 7.26. The van der Waals surface area contributed by atoms with Gasteiger partial charge in [0.25, 0.3) is 0 Å². The van der Waals surface area contributed by atoms with E-state index in [0.29, 0.717) is 12.2 Å². The topological polar surface area (TPSA) is 55.4 Å². The van der Waals surface area contributed by atoms with Gasteiger partial charge >= 0.3 is 11.9 Å². The van der Waals surface area contributed by atoms with Crippen molar-refractivity contribution in [1.29, 1.82) is 0 Å². The van der Waals surface area contributed by atoms with Gasteiger partial charge < -0.3 is 10.1 Å². The summed E-state index contributed by atoms with van der Waals surface area (Å²) in [7, 11) is 0. The van der Waals surface area contributed by atoms with Crippen molar-refractivity contribution in [2.45, 2.75) is 37.6 Å². The second-order valence-electron chi connectivity index (χ2n) is 5.37. The molecule has 1 aromatic rings. The fraction of sp³-hybridized carbons (Fsp3) is 0.500. The Morgan fingerprint density at radius 3 is 2.67 bits per heavy atom. The SMILES string of the molecule is CC(c1ccccc1)[C@]1(C(=O)OC(=O)CCS)CCCN1. The van der Waals surface area contributed by atoms with Crippen LogP contribution in [-0.2, 0) is 14.3 Å². The minimum atomic E-state index is -0.812. The normalized spacial score (nSPS) is 22.8. The van der Waals surface area contributed by atoms with Crippen LogP contribution < -0.4 is 5.32 Å². The van der Waals surface area contributed by atoms with Gasteiger partial charge in [-0.25, -0.2) is 4.79 Å².